The van der Waals surface area contributed by atoms with Crippen molar-refractivity contribution >= 4 is 18.2 Å². The molecule has 1 aromatic carbocycles. The second-order valence-corrected chi connectivity index (χ2v) is 5.27. The van der Waals surface area contributed by atoms with E-state index in [9.17, 15) is 9.59 Å². The lowest BCUT2D eigenvalue weighted by Gasteiger charge is -1.99. The first kappa shape index (κ1) is 16.5. The van der Waals surface area contributed by atoms with Gasteiger partial charge in [0.05, 0.1) is 6.21 Å². The van der Waals surface area contributed by atoms with Gasteiger partial charge in [-0.3, -0.25) is 14.7 Å². The summed E-state index contributed by atoms with van der Waals surface area (Å²) in [5.41, 5.74) is 5.65. The number of aryl methyl sites for hydroxylation is 1. The fourth-order valence-electron chi connectivity index (χ4n) is 2.12. The Bertz CT molecular complexity index is 769. The van der Waals surface area contributed by atoms with Gasteiger partial charge in [-0.1, -0.05) is 36.4 Å². The van der Waals surface area contributed by atoms with Gasteiger partial charge >= 0.3 is 0 Å². The molecule has 0 bridgehead atoms. The van der Waals surface area contributed by atoms with Gasteiger partial charge in [-0.05, 0) is 31.4 Å². The maximum atomic E-state index is 11.7. The van der Waals surface area contributed by atoms with E-state index in [0.717, 1.165) is 16.8 Å². The third kappa shape index (κ3) is 5.10. The third-order valence-corrected chi connectivity index (χ3v) is 3.34. The van der Waals surface area contributed by atoms with Crippen molar-refractivity contribution in [2.24, 2.45) is 5.10 Å². The van der Waals surface area contributed by atoms with Gasteiger partial charge in [0, 0.05) is 17.7 Å². The molecule has 3 N–H and O–H groups in total. The van der Waals surface area contributed by atoms with E-state index in [1.165, 1.54) is 0 Å². The van der Waals surface area contributed by atoms with Gasteiger partial charge in [0.15, 0.2) is 0 Å². The van der Waals surface area contributed by atoms with E-state index < -0.39 is 0 Å². The summed E-state index contributed by atoms with van der Waals surface area (Å²) in [4.78, 5) is 23.2. The number of aromatic nitrogens is 2. The zero-order valence-electron chi connectivity index (χ0n) is 13.2. The number of amides is 1. The number of hydrogen-bond acceptors (Lipinski definition) is 3. The van der Waals surface area contributed by atoms with Gasteiger partial charge in [0.2, 0.25) is 5.91 Å². The highest BCUT2D eigenvalue weighted by atomic mass is 16.2. The lowest BCUT2D eigenvalue weighted by atomic mass is 10.1. The number of hydrazone groups is 1. The lowest BCUT2D eigenvalue weighted by Crippen LogP contribution is -2.19. The van der Waals surface area contributed by atoms with Gasteiger partial charge in [0.25, 0.3) is 5.56 Å². The third-order valence-electron chi connectivity index (χ3n) is 3.34. The maximum Gasteiger partial charge on any atom is 0.267 e. The Morgan fingerprint density at radius 1 is 1.26 bits per heavy atom. The first-order chi connectivity index (χ1) is 11.1. The molecule has 2 rings (SSSR count). The van der Waals surface area contributed by atoms with Crippen molar-refractivity contribution in [3.63, 3.8) is 0 Å². The van der Waals surface area contributed by atoms with Crippen LogP contribution in [-0.2, 0) is 11.2 Å². The zero-order chi connectivity index (χ0) is 16.7. The molecule has 0 atom stereocenters. The maximum absolute atomic E-state index is 11.7. The lowest BCUT2D eigenvalue weighted by molar-refractivity contribution is -0.121. The van der Waals surface area contributed by atoms with E-state index in [1.807, 2.05) is 43.3 Å². The molecule has 6 nitrogen and oxygen atoms in total. The molecule has 0 aliphatic carbocycles. The minimum Gasteiger partial charge on any atom is -0.302 e. The van der Waals surface area contributed by atoms with Crippen LogP contribution >= 0.6 is 0 Å². The number of nitrogens with one attached hydrogen (secondary N) is 3. The second kappa shape index (κ2) is 7.93. The number of nitrogens with zero attached hydrogens (tertiary/aromatic N) is 1. The van der Waals surface area contributed by atoms with Gasteiger partial charge in [-0.25, -0.2) is 5.43 Å². The Hall–Kier alpha value is -2.89. The Morgan fingerprint density at radius 3 is 2.65 bits per heavy atom. The number of hydrogen-bond donors (Lipinski definition) is 3. The van der Waals surface area contributed by atoms with Crippen LogP contribution in [0.1, 0.15) is 30.2 Å². The van der Waals surface area contributed by atoms with Crippen LogP contribution in [0.15, 0.2) is 45.8 Å². The summed E-state index contributed by atoms with van der Waals surface area (Å²) >= 11 is 0. The van der Waals surface area contributed by atoms with Crippen molar-refractivity contribution < 1.29 is 4.79 Å². The summed E-state index contributed by atoms with van der Waals surface area (Å²) in [7, 11) is 0. The van der Waals surface area contributed by atoms with E-state index >= 15 is 0 Å². The van der Waals surface area contributed by atoms with Crippen LogP contribution in [0.2, 0.25) is 0 Å². The monoisotopic (exact) mass is 312 g/mol. The van der Waals surface area contributed by atoms with E-state index in [-0.39, 0.29) is 17.9 Å². The van der Waals surface area contributed by atoms with Crippen LogP contribution < -0.4 is 11.0 Å². The minimum atomic E-state index is -0.228. The van der Waals surface area contributed by atoms with Gasteiger partial charge in [0.1, 0.15) is 0 Å². The van der Waals surface area contributed by atoms with Gasteiger partial charge < -0.3 is 5.10 Å². The average molecular weight is 312 g/mol. The first-order valence-corrected chi connectivity index (χ1v) is 7.37. The molecule has 0 spiro atoms. The number of aromatic amines is 2. The number of carbonyl (C=O) groups is 1. The normalized spacial score (nSPS) is 11.8. The molecule has 2 aromatic rings. The van der Waals surface area contributed by atoms with Crippen molar-refractivity contribution in [2.75, 3.05) is 0 Å². The summed E-state index contributed by atoms with van der Waals surface area (Å²) < 4.78 is 0. The average Bonchev–Trinajstić information content (AvgIpc) is 2.85. The Labute approximate surface area is 134 Å². The highest BCUT2D eigenvalue weighted by Crippen LogP contribution is 2.04. The highest BCUT2D eigenvalue weighted by molar-refractivity contribution is 5.86. The largest absolute Gasteiger partial charge is 0.302 e. The summed E-state index contributed by atoms with van der Waals surface area (Å²) in [6.45, 7) is 3.70. The van der Waals surface area contributed by atoms with E-state index in [1.54, 1.807) is 13.1 Å². The molecular formula is C17H20N4O2. The number of rotatable bonds is 6. The molecule has 1 heterocycles. The van der Waals surface area contributed by atoms with Crippen LogP contribution in [-0.4, -0.2) is 22.3 Å². The molecule has 1 aromatic heterocycles. The molecule has 0 aliphatic rings. The molecule has 0 radical (unpaired) electrons. The van der Waals surface area contributed by atoms with Crippen molar-refractivity contribution in [2.45, 2.75) is 26.7 Å². The SMILES string of the molecule is CC(/C=N\NC(=O)CCc1c(C)[nH][nH]c1=O)=C\c1ccccc1. The predicted molar refractivity (Wildman–Crippen MR) is 91.2 cm³/mol. The molecular weight excluding hydrogens is 292 g/mol. The zero-order valence-corrected chi connectivity index (χ0v) is 13.2. The van der Waals surface area contributed by atoms with Crippen LogP contribution in [0.3, 0.4) is 0 Å². The molecule has 1 amide bonds. The van der Waals surface area contributed by atoms with E-state index in [4.69, 9.17) is 0 Å². The predicted octanol–water partition coefficient (Wildman–Crippen LogP) is 2.15. The number of allylic oxidation sites excluding steroid dienone is 1. The van der Waals surface area contributed by atoms with Crippen LogP contribution in [0.5, 0.6) is 0 Å². The Balaban J connectivity index is 1.82. The first-order valence-electron chi connectivity index (χ1n) is 7.37. The Kier molecular flexibility index (Phi) is 5.68. The smallest absolute Gasteiger partial charge is 0.267 e. The topological polar surface area (TPSA) is 90.1 Å². The minimum absolute atomic E-state index is 0.180. The summed E-state index contributed by atoms with van der Waals surface area (Å²) in [5, 5.41) is 9.15. The van der Waals surface area contributed by atoms with Crippen LogP contribution in [0.4, 0.5) is 0 Å². The van der Waals surface area contributed by atoms with E-state index in [2.05, 4.69) is 20.7 Å². The number of benzene rings is 1. The van der Waals surface area contributed by atoms with Gasteiger partial charge in [-0.15, -0.1) is 0 Å². The second-order valence-electron chi connectivity index (χ2n) is 5.27. The molecule has 6 heteroatoms. The molecule has 0 saturated heterocycles. The Morgan fingerprint density at radius 2 is 2.00 bits per heavy atom. The molecule has 0 saturated carbocycles. The van der Waals surface area contributed by atoms with Crippen molar-refractivity contribution in [1.29, 1.82) is 0 Å². The van der Waals surface area contributed by atoms with Gasteiger partial charge in [-0.2, -0.15) is 5.10 Å². The molecule has 0 aliphatic heterocycles. The van der Waals surface area contributed by atoms with Crippen molar-refractivity contribution in [1.82, 2.24) is 15.6 Å². The van der Waals surface area contributed by atoms with E-state index in [0.29, 0.717) is 12.0 Å². The highest BCUT2D eigenvalue weighted by Gasteiger charge is 2.08. The molecule has 23 heavy (non-hydrogen) atoms. The van der Waals surface area contributed by atoms with Crippen LogP contribution in [0, 0.1) is 6.92 Å². The molecule has 120 valence electrons. The summed E-state index contributed by atoms with van der Waals surface area (Å²) in [6, 6.07) is 9.86. The molecule has 0 unspecified atom stereocenters. The number of carbonyl (C=O) groups excluding carboxylic acids is 1. The molecule has 0 fully saturated rings. The summed E-state index contributed by atoms with van der Waals surface area (Å²) in [6.07, 6.45) is 4.16. The fraction of sp³-hybridized carbons (Fsp3) is 0.235. The van der Waals surface area contributed by atoms with Crippen molar-refractivity contribution in [3.05, 3.63) is 63.1 Å². The van der Waals surface area contributed by atoms with Crippen molar-refractivity contribution in [3.8, 4) is 0 Å². The quantitative estimate of drug-likeness (QED) is 0.563. The fourth-order valence-corrected chi connectivity index (χ4v) is 2.12. The standard InChI is InChI=1S/C17H20N4O2/c1-12(10-14-6-4-3-5-7-14)11-18-20-16(22)9-8-15-13(2)19-21-17(15)23/h3-7,10-11H,8-9H2,1-2H3,(H,20,22)(H2,19,21,23)/b12-10+,18-11-. The summed E-state index contributed by atoms with van der Waals surface area (Å²) in [5.74, 6) is -0.228. The van der Waals surface area contributed by atoms with Crippen LogP contribution in [0.25, 0.3) is 6.08 Å². The number of H-pyrrole nitrogens is 2.